The number of aliphatic imine (C=N–C) groups is 2. The lowest BCUT2D eigenvalue weighted by atomic mass is 10.0. The molecule has 3 aromatic heterocycles. The summed E-state index contributed by atoms with van der Waals surface area (Å²) in [5, 5.41) is 3.61. The lowest BCUT2D eigenvalue weighted by Crippen LogP contribution is -2.33. The molecule has 54 heavy (non-hydrogen) atoms. The summed E-state index contributed by atoms with van der Waals surface area (Å²) in [4.78, 5) is 24.7. The Morgan fingerprint density at radius 3 is 1.44 bits per heavy atom. The van der Waals surface area contributed by atoms with Crippen LogP contribution in [0.15, 0.2) is 204 Å². The maximum atomic E-state index is 5.13. The number of nitrogens with zero attached hydrogens (tertiary/aromatic N) is 5. The summed E-state index contributed by atoms with van der Waals surface area (Å²) >= 11 is 0. The van der Waals surface area contributed by atoms with E-state index in [4.69, 9.17) is 20.0 Å². The van der Waals surface area contributed by atoms with Crippen LogP contribution in [0.4, 0.5) is 0 Å². The van der Waals surface area contributed by atoms with Gasteiger partial charge >= 0.3 is 0 Å². The topological polar surface area (TPSA) is 75.4 Å². The van der Waals surface area contributed by atoms with Crippen LogP contribution >= 0.6 is 0 Å². The first-order chi connectivity index (χ1) is 26.7. The Labute approximate surface area is 314 Å². The van der Waals surface area contributed by atoms with Gasteiger partial charge in [0, 0.05) is 23.5 Å². The largest absolute Gasteiger partial charge is 0.344 e. The first-order valence-electron chi connectivity index (χ1n) is 17.9. The molecule has 4 heterocycles. The van der Waals surface area contributed by atoms with E-state index in [0.717, 1.165) is 67.6 Å². The van der Waals surface area contributed by atoms with Gasteiger partial charge in [0.05, 0.1) is 22.8 Å². The van der Waals surface area contributed by atoms with Gasteiger partial charge in [-0.25, -0.2) is 15.0 Å². The minimum Gasteiger partial charge on any atom is -0.344 e. The third kappa shape index (κ3) is 6.96. The molecule has 1 aliphatic rings. The number of hydrogen-bond acceptors (Lipinski definition) is 6. The summed E-state index contributed by atoms with van der Waals surface area (Å²) in [6.07, 6.45) is 3.28. The first kappa shape index (κ1) is 32.6. The molecular formula is C48H34N6. The van der Waals surface area contributed by atoms with Crippen molar-refractivity contribution in [1.29, 1.82) is 0 Å². The predicted octanol–water partition coefficient (Wildman–Crippen LogP) is 10.7. The molecule has 1 atom stereocenters. The number of amidine groups is 2. The summed E-state index contributed by atoms with van der Waals surface area (Å²) in [6, 6.07) is 62.2. The van der Waals surface area contributed by atoms with Crippen LogP contribution < -0.4 is 5.32 Å². The van der Waals surface area contributed by atoms with Gasteiger partial charge in [-0.1, -0.05) is 146 Å². The van der Waals surface area contributed by atoms with Crippen molar-refractivity contribution in [2.45, 2.75) is 6.17 Å². The molecule has 0 aliphatic carbocycles. The molecule has 0 bridgehead atoms. The van der Waals surface area contributed by atoms with E-state index in [1.807, 2.05) is 66.9 Å². The molecule has 8 aromatic rings. The lowest BCUT2D eigenvalue weighted by Gasteiger charge is -2.24. The molecule has 1 N–H and O–H groups in total. The van der Waals surface area contributed by atoms with Gasteiger partial charge in [0.2, 0.25) is 0 Å². The van der Waals surface area contributed by atoms with Crippen LogP contribution in [0.2, 0.25) is 0 Å². The SMILES string of the molecule is c1ccc(-c2ccc(C3=NC(c4ccc(-c5cc(-c6ccccc6)cc(-c6ccccn6)n5)nc4)=NC(c4ccc(-c5ccccc5)cc4)N3)cc2)cc1. The molecule has 1 aliphatic heterocycles. The normalized spacial score (nSPS) is 13.7. The molecule has 256 valence electrons. The van der Waals surface area contributed by atoms with Crippen LogP contribution in [0.3, 0.4) is 0 Å². The van der Waals surface area contributed by atoms with Gasteiger partial charge < -0.3 is 5.32 Å². The highest BCUT2D eigenvalue weighted by atomic mass is 15.2. The number of nitrogens with one attached hydrogen (secondary N) is 1. The highest BCUT2D eigenvalue weighted by molar-refractivity contribution is 6.13. The molecule has 0 saturated heterocycles. The fraction of sp³-hybridized carbons (Fsp3) is 0.0208. The van der Waals surface area contributed by atoms with Crippen LogP contribution in [-0.2, 0) is 0 Å². The highest BCUT2D eigenvalue weighted by Gasteiger charge is 2.22. The Kier molecular flexibility index (Phi) is 8.89. The number of benzene rings is 5. The van der Waals surface area contributed by atoms with Crippen molar-refractivity contribution in [3.63, 3.8) is 0 Å². The standard InChI is InChI=1S/C48H34N6/c1-4-12-33(13-5-1)36-19-23-38(24-20-36)46-52-47(39-25-21-37(22-26-39)34-14-6-2-7-15-34)54-48(53-46)40-27-28-43(50-32-40)45-31-41(35-16-8-3-9-17-35)30-44(51-45)42-18-10-11-29-49-42/h1-32,46H,(H,52,53,54). The van der Waals surface area contributed by atoms with Crippen molar-refractivity contribution in [3.05, 3.63) is 211 Å². The lowest BCUT2D eigenvalue weighted by molar-refractivity contribution is 0.674. The van der Waals surface area contributed by atoms with E-state index >= 15 is 0 Å². The first-order valence-corrected chi connectivity index (χ1v) is 17.9. The predicted molar refractivity (Wildman–Crippen MR) is 219 cm³/mol. The highest BCUT2D eigenvalue weighted by Crippen LogP contribution is 2.30. The second-order valence-corrected chi connectivity index (χ2v) is 13.0. The van der Waals surface area contributed by atoms with Crippen LogP contribution in [0.5, 0.6) is 0 Å². The summed E-state index contributed by atoms with van der Waals surface area (Å²) in [7, 11) is 0. The second-order valence-electron chi connectivity index (χ2n) is 13.0. The van der Waals surface area contributed by atoms with Crippen LogP contribution in [0.25, 0.3) is 56.2 Å². The number of rotatable bonds is 8. The Hall–Kier alpha value is -7.31. The zero-order chi connectivity index (χ0) is 36.1. The van der Waals surface area contributed by atoms with E-state index in [-0.39, 0.29) is 6.17 Å². The minimum atomic E-state index is -0.351. The molecule has 0 amide bonds. The fourth-order valence-corrected chi connectivity index (χ4v) is 6.62. The molecule has 6 heteroatoms. The maximum absolute atomic E-state index is 5.13. The molecule has 5 aromatic carbocycles. The maximum Gasteiger partial charge on any atom is 0.160 e. The fourth-order valence-electron chi connectivity index (χ4n) is 6.62. The van der Waals surface area contributed by atoms with Crippen molar-refractivity contribution in [3.8, 4) is 56.2 Å². The Bertz CT molecular complexity index is 2510. The van der Waals surface area contributed by atoms with Gasteiger partial charge in [0.15, 0.2) is 5.84 Å². The molecular weight excluding hydrogens is 661 g/mol. The molecule has 9 rings (SSSR count). The summed E-state index contributed by atoms with van der Waals surface area (Å²) in [5.41, 5.74) is 12.7. The Morgan fingerprint density at radius 1 is 0.389 bits per heavy atom. The molecule has 0 saturated carbocycles. The number of aromatic nitrogens is 3. The van der Waals surface area contributed by atoms with Crippen molar-refractivity contribution in [2.75, 3.05) is 0 Å². The molecule has 1 unspecified atom stereocenters. The monoisotopic (exact) mass is 694 g/mol. The van der Waals surface area contributed by atoms with Crippen LogP contribution in [0.1, 0.15) is 22.9 Å². The van der Waals surface area contributed by atoms with Gasteiger partial charge in [-0.3, -0.25) is 9.97 Å². The third-order valence-electron chi connectivity index (χ3n) is 9.49. The second kappa shape index (κ2) is 14.7. The Balaban J connectivity index is 1.08. The van der Waals surface area contributed by atoms with Crippen molar-refractivity contribution >= 4 is 11.7 Å². The Morgan fingerprint density at radius 2 is 0.889 bits per heavy atom. The zero-order valence-corrected chi connectivity index (χ0v) is 29.3. The smallest absolute Gasteiger partial charge is 0.160 e. The van der Waals surface area contributed by atoms with E-state index in [0.29, 0.717) is 5.84 Å². The van der Waals surface area contributed by atoms with Gasteiger partial charge in [-0.05, 0) is 75.3 Å². The van der Waals surface area contributed by atoms with Gasteiger partial charge in [0.1, 0.15) is 12.0 Å². The van der Waals surface area contributed by atoms with Crippen molar-refractivity contribution < 1.29 is 0 Å². The summed E-state index contributed by atoms with van der Waals surface area (Å²) in [5.74, 6) is 1.35. The van der Waals surface area contributed by atoms with Crippen LogP contribution in [-0.4, -0.2) is 26.6 Å². The quantitative estimate of drug-likeness (QED) is 0.172. The minimum absolute atomic E-state index is 0.351. The van der Waals surface area contributed by atoms with Gasteiger partial charge in [-0.15, -0.1) is 0 Å². The third-order valence-corrected chi connectivity index (χ3v) is 9.49. The van der Waals surface area contributed by atoms with E-state index in [1.54, 1.807) is 6.20 Å². The van der Waals surface area contributed by atoms with Crippen molar-refractivity contribution in [2.24, 2.45) is 9.98 Å². The van der Waals surface area contributed by atoms with Crippen molar-refractivity contribution in [1.82, 2.24) is 20.3 Å². The van der Waals surface area contributed by atoms with E-state index in [9.17, 15) is 0 Å². The summed E-state index contributed by atoms with van der Waals surface area (Å²) < 4.78 is 0. The number of pyridine rings is 3. The van der Waals surface area contributed by atoms with Gasteiger partial charge in [-0.2, -0.15) is 0 Å². The molecule has 0 radical (unpaired) electrons. The molecule has 6 nitrogen and oxygen atoms in total. The zero-order valence-electron chi connectivity index (χ0n) is 29.3. The van der Waals surface area contributed by atoms with E-state index in [2.05, 4.69) is 132 Å². The van der Waals surface area contributed by atoms with Crippen LogP contribution in [0, 0.1) is 0 Å². The average molecular weight is 695 g/mol. The average Bonchev–Trinajstić information content (AvgIpc) is 3.27. The van der Waals surface area contributed by atoms with E-state index in [1.165, 1.54) is 11.1 Å². The summed E-state index contributed by atoms with van der Waals surface area (Å²) in [6.45, 7) is 0. The number of hydrogen-bond donors (Lipinski definition) is 1. The van der Waals surface area contributed by atoms with E-state index < -0.39 is 0 Å². The molecule has 0 spiro atoms. The van der Waals surface area contributed by atoms with Gasteiger partial charge in [0.25, 0.3) is 0 Å². The molecule has 0 fully saturated rings.